The lowest BCUT2D eigenvalue weighted by Gasteiger charge is -2.20. The molecule has 2 amide bonds. The molecular weight excluding hydrogens is 364 g/mol. The first kappa shape index (κ1) is 19.2. The third-order valence-electron chi connectivity index (χ3n) is 5.46. The molecule has 6 nitrogen and oxygen atoms in total. The number of fused-ring (bicyclic) bond motifs is 1. The van der Waals surface area contributed by atoms with E-state index in [1.165, 1.54) is 12.8 Å². The Morgan fingerprint density at radius 3 is 2.45 bits per heavy atom. The zero-order valence-electron chi connectivity index (χ0n) is 16.7. The van der Waals surface area contributed by atoms with Crippen molar-refractivity contribution < 1.29 is 9.59 Å². The van der Waals surface area contributed by atoms with Crippen LogP contribution in [0.25, 0.3) is 10.9 Å². The second kappa shape index (κ2) is 8.47. The first-order chi connectivity index (χ1) is 14.1. The average Bonchev–Trinajstić information content (AvgIpc) is 2.93. The highest BCUT2D eigenvalue weighted by Crippen LogP contribution is 2.18. The molecule has 1 fully saturated rings. The number of carbonyl (C=O) groups excluding carboxylic acids is 2. The number of likely N-dealkylation sites (tertiary alicyclic amines) is 1. The van der Waals surface area contributed by atoms with Crippen LogP contribution in [0, 0.1) is 6.92 Å². The molecule has 1 aromatic heterocycles. The fraction of sp³-hybridized carbons (Fsp3) is 0.348. The summed E-state index contributed by atoms with van der Waals surface area (Å²) in [5.41, 5.74) is 3.34. The van der Waals surface area contributed by atoms with E-state index in [4.69, 9.17) is 0 Å². The van der Waals surface area contributed by atoms with Gasteiger partial charge in [-0.2, -0.15) is 5.10 Å². The number of nitrogens with one attached hydrogen (secondary N) is 1. The minimum Gasteiger partial charge on any atom is -0.341 e. The van der Waals surface area contributed by atoms with E-state index in [9.17, 15) is 9.59 Å². The van der Waals surface area contributed by atoms with E-state index in [-0.39, 0.29) is 18.4 Å². The molecule has 29 heavy (non-hydrogen) atoms. The molecule has 1 aliphatic heterocycles. The van der Waals surface area contributed by atoms with Gasteiger partial charge in [0, 0.05) is 29.7 Å². The van der Waals surface area contributed by atoms with Crippen LogP contribution in [0.1, 0.15) is 41.6 Å². The number of hydrogen-bond donors (Lipinski definition) is 1. The smallest absolute Gasteiger partial charge is 0.255 e. The van der Waals surface area contributed by atoms with E-state index in [1.54, 1.807) is 16.9 Å². The van der Waals surface area contributed by atoms with Gasteiger partial charge < -0.3 is 10.2 Å². The monoisotopic (exact) mass is 390 g/mol. The predicted octanol–water partition coefficient (Wildman–Crippen LogP) is 4.00. The lowest BCUT2D eigenvalue weighted by atomic mass is 10.1. The fourth-order valence-corrected chi connectivity index (χ4v) is 3.74. The highest BCUT2D eigenvalue weighted by Gasteiger charge is 2.17. The number of amides is 2. The van der Waals surface area contributed by atoms with Crippen LogP contribution in [0.2, 0.25) is 0 Å². The van der Waals surface area contributed by atoms with E-state index in [0.29, 0.717) is 5.56 Å². The number of carbonyl (C=O) groups is 2. The molecular formula is C23H26N4O2. The zero-order valence-corrected chi connectivity index (χ0v) is 16.7. The third kappa shape index (κ3) is 4.47. The molecule has 1 N–H and O–H groups in total. The number of anilines is 1. The second-order valence-electron chi connectivity index (χ2n) is 7.69. The molecule has 0 unspecified atom stereocenters. The van der Waals surface area contributed by atoms with Crippen LogP contribution in [0.15, 0.2) is 48.7 Å². The topological polar surface area (TPSA) is 67.2 Å². The lowest BCUT2D eigenvalue weighted by Crippen LogP contribution is -2.34. The van der Waals surface area contributed by atoms with E-state index < -0.39 is 0 Å². The van der Waals surface area contributed by atoms with E-state index in [0.717, 1.165) is 48.1 Å². The van der Waals surface area contributed by atoms with Crippen LogP contribution in [-0.4, -0.2) is 39.6 Å². The van der Waals surface area contributed by atoms with Crippen molar-refractivity contribution in [1.82, 2.24) is 14.7 Å². The summed E-state index contributed by atoms with van der Waals surface area (Å²) < 4.78 is 1.73. The number of aromatic nitrogens is 2. The van der Waals surface area contributed by atoms with Crippen molar-refractivity contribution >= 4 is 28.4 Å². The number of hydrogen-bond acceptors (Lipinski definition) is 3. The molecule has 3 aromatic rings. The van der Waals surface area contributed by atoms with Crippen molar-refractivity contribution in [3.63, 3.8) is 0 Å². The van der Waals surface area contributed by atoms with Gasteiger partial charge >= 0.3 is 0 Å². The van der Waals surface area contributed by atoms with Crippen LogP contribution in [-0.2, 0) is 11.3 Å². The molecule has 2 heterocycles. The Balaban J connectivity index is 1.47. The Kier molecular flexibility index (Phi) is 5.60. The van der Waals surface area contributed by atoms with Gasteiger partial charge in [0.1, 0.15) is 6.54 Å². The summed E-state index contributed by atoms with van der Waals surface area (Å²) in [5, 5.41) is 8.15. The number of nitrogens with zero attached hydrogens (tertiary/aromatic N) is 3. The second-order valence-corrected chi connectivity index (χ2v) is 7.69. The van der Waals surface area contributed by atoms with Gasteiger partial charge in [0.2, 0.25) is 5.91 Å². The van der Waals surface area contributed by atoms with E-state index in [2.05, 4.69) is 10.4 Å². The first-order valence-electron chi connectivity index (χ1n) is 10.2. The van der Waals surface area contributed by atoms with Crippen molar-refractivity contribution in [2.75, 3.05) is 18.4 Å². The van der Waals surface area contributed by atoms with Gasteiger partial charge in [-0.05, 0) is 50.1 Å². The van der Waals surface area contributed by atoms with Crippen molar-refractivity contribution in [1.29, 1.82) is 0 Å². The molecule has 0 radical (unpaired) electrons. The average molecular weight is 390 g/mol. The summed E-state index contributed by atoms with van der Waals surface area (Å²) in [6, 6.07) is 13.2. The SMILES string of the molecule is Cc1ccc(NC(=O)c2ccc3c(cnn3CC(=O)N3CCCCCC3)c2)cc1. The van der Waals surface area contributed by atoms with Gasteiger partial charge in [-0.15, -0.1) is 0 Å². The maximum Gasteiger partial charge on any atom is 0.255 e. The summed E-state index contributed by atoms with van der Waals surface area (Å²) in [4.78, 5) is 27.2. The minimum atomic E-state index is -0.163. The molecule has 0 spiro atoms. The third-order valence-corrected chi connectivity index (χ3v) is 5.46. The molecule has 0 saturated carbocycles. The molecule has 0 atom stereocenters. The van der Waals surface area contributed by atoms with E-state index >= 15 is 0 Å². The number of benzene rings is 2. The van der Waals surface area contributed by atoms with Gasteiger partial charge in [-0.1, -0.05) is 30.5 Å². The quantitative estimate of drug-likeness (QED) is 0.732. The van der Waals surface area contributed by atoms with Gasteiger partial charge in [0.15, 0.2) is 0 Å². The summed E-state index contributed by atoms with van der Waals surface area (Å²) in [6.07, 6.45) is 6.26. The summed E-state index contributed by atoms with van der Waals surface area (Å²) in [7, 11) is 0. The minimum absolute atomic E-state index is 0.109. The molecule has 1 saturated heterocycles. The zero-order chi connectivity index (χ0) is 20.2. The summed E-state index contributed by atoms with van der Waals surface area (Å²) in [5.74, 6) is -0.0535. The van der Waals surface area contributed by atoms with Crippen molar-refractivity contribution in [2.45, 2.75) is 39.2 Å². The Hall–Kier alpha value is -3.15. The number of aryl methyl sites for hydroxylation is 1. The van der Waals surface area contributed by atoms with Crippen molar-refractivity contribution in [3.8, 4) is 0 Å². The lowest BCUT2D eigenvalue weighted by molar-refractivity contribution is -0.131. The fourth-order valence-electron chi connectivity index (χ4n) is 3.74. The molecule has 6 heteroatoms. The molecule has 4 rings (SSSR count). The highest BCUT2D eigenvalue weighted by atomic mass is 16.2. The highest BCUT2D eigenvalue weighted by molar-refractivity contribution is 6.06. The Morgan fingerprint density at radius 1 is 1.00 bits per heavy atom. The molecule has 150 valence electrons. The van der Waals surface area contributed by atoms with Crippen molar-refractivity contribution in [2.24, 2.45) is 0 Å². The molecule has 0 aliphatic carbocycles. The van der Waals surface area contributed by atoms with Gasteiger partial charge in [-0.3, -0.25) is 14.3 Å². The van der Waals surface area contributed by atoms with Crippen LogP contribution >= 0.6 is 0 Å². The van der Waals surface area contributed by atoms with E-state index in [1.807, 2.05) is 48.2 Å². The van der Waals surface area contributed by atoms with Gasteiger partial charge in [0.25, 0.3) is 5.91 Å². The predicted molar refractivity (Wildman–Crippen MR) is 114 cm³/mol. The van der Waals surface area contributed by atoms with Crippen LogP contribution < -0.4 is 5.32 Å². The molecule has 1 aliphatic rings. The maximum atomic E-state index is 12.7. The first-order valence-corrected chi connectivity index (χ1v) is 10.2. The Bertz CT molecular complexity index is 1020. The van der Waals surface area contributed by atoms with Crippen LogP contribution in [0.5, 0.6) is 0 Å². The maximum absolute atomic E-state index is 12.7. The number of rotatable bonds is 4. The Labute approximate surface area is 170 Å². The molecule has 0 bridgehead atoms. The van der Waals surface area contributed by atoms with Gasteiger partial charge in [-0.25, -0.2) is 0 Å². The van der Waals surface area contributed by atoms with Crippen LogP contribution in [0.4, 0.5) is 5.69 Å². The normalized spacial score (nSPS) is 14.6. The summed E-state index contributed by atoms with van der Waals surface area (Å²) >= 11 is 0. The van der Waals surface area contributed by atoms with Gasteiger partial charge in [0.05, 0.1) is 11.7 Å². The Morgan fingerprint density at radius 2 is 1.72 bits per heavy atom. The van der Waals surface area contributed by atoms with Crippen molar-refractivity contribution in [3.05, 3.63) is 59.8 Å². The standard InChI is InChI=1S/C23H26N4O2/c1-17-6-9-20(10-7-17)25-23(29)18-8-11-21-19(14-18)15-24-27(21)16-22(28)26-12-4-2-3-5-13-26/h6-11,14-15H,2-5,12-13,16H2,1H3,(H,25,29). The molecule has 2 aromatic carbocycles. The largest absolute Gasteiger partial charge is 0.341 e. The summed E-state index contributed by atoms with van der Waals surface area (Å²) in [6.45, 7) is 3.91. The van der Waals surface area contributed by atoms with Crippen LogP contribution in [0.3, 0.4) is 0 Å².